The van der Waals surface area contributed by atoms with Gasteiger partial charge in [-0.05, 0) is 36.4 Å². The van der Waals surface area contributed by atoms with Gasteiger partial charge < -0.3 is 8.83 Å². The van der Waals surface area contributed by atoms with Crippen molar-refractivity contribution in [1.82, 2.24) is 0 Å². The fourth-order valence-electron chi connectivity index (χ4n) is 3.24. The molecule has 2 N–H and O–H groups in total. The largest absolute Gasteiger partial charge is 0.456 e. The van der Waals surface area contributed by atoms with E-state index in [0.29, 0.717) is 22.7 Å². The maximum atomic E-state index is 8.44. The van der Waals surface area contributed by atoms with Crippen molar-refractivity contribution in [2.75, 3.05) is 0 Å². The van der Waals surface area contributed by atoms with Crippen molar-refractivity contribution in [3.05, 3.63) is 84.3 Å². The molecule has 0 saturated heterocycles. The maximum absolute atomic E-state index is 8.44. The van der Waals surface area contributed by atoms with E-state index < -0.39 is 0 Å². The van der Waals surface area contributed by atoms with Crippen LogP contribution in [0.4, 0.5) is 0 Å². The molecule has 0 atom stereocenters. The van der Waals surface area contributed by atoms with Gasteiger partial charge in [0.25, 0.3) is 0 Å². The van der Waals surface area contributed by atoms with E-state index in [1.807, 2.05) is 72.8 Å². The Morgan fingerprint density at radius 2 is 1.00 bits per heavy atom. The molecular weight excluding hydrogens is 324 g/mol. The smallest absolute Gasteiger partial charge is 0.137 e. The molecule has 1 aliphatic carbocycles. The molecule has 4 heteroatoms. The van der Waals surface area contributed by atoms with E-state index in [1.54, 1.807) is 0 Å². The summed E-state index contributed by atoms with van der Waals surface area (Å²) in [6.07, 6.45) is 3.64. The predicted octanol–water partition coefficient (Wildman–Crippen LogP) is 5.70. The highest BCUT2D eigenvalue weighted by atomic mass is 16.3. The van der Waals surface area contributed by atoms with Gasteiger partial charge in [0.2, 0.25) is 0 Å². The molecule has 2 aromatic carbocycles. The normalized spacial score (nSPS) is 14.8. The summed E-state index contributed by atoms with van der Waals surface area (Å²) in [6, 6.07) is 19.3. The van der Waals surface area contributed by atoms with Crippen LogP contribution in [-0.4, -0.2) is 11.4 Å². The van der Waals surface area contributed by atoms with Crippen LogP contribution in [0.5, 0.6) is 0 Å². The molecule has 4 nitrogen and oxygen atoms in total. The molecule has 5 rings (SSSR count). The summed E-state index contributed by atoms with van der Waals surface area (Å²) in [4.78, 5) is 0. The van der Waals surface area contributed by atoms with Crippen LogP contribution in [0.15, 0.2) is 81.7 Å². The molecule has 26 heavy (non-hydrogen) atoms. The number of para-hydroxylation sites is 2. The van der Waals surface area contributed by atoms with Crippen LogP contribution >= 0.6 is 0 Å². The van der Waals surface area contributed by atoms with Crippen LogP contribution < -0.4 is 0 Å². The van der Waals surface area contributed by atoms with Crippen molar-refractivity contribution in [2.24, 2.45) is 0 Å². The molecule has 1 aliphatic rings. The van der Waals surface area contributed by atoms with Crippen LogP contribution in [0.25, 0.3) is 33.1 Å². The summed E-state index contributed by atoms with van der Waals surface area (Å²) in [7, 11) is 0. The first-order valence-electron chi connectivity index (χ1n) is 8.29. The molecule has 0 fully saturated rings. The maximum Gasteiger partial charge on any atom is 0.137 e. The van der Waals surface area contributed by atoms with Crippen LogP contribution in [0.1, 0.15) is 11.5 Å². The van der Waals surface area contributed by atoms with E-state index in [-0.39, 0.29) is 11.4 Å². The van der Waals surface area contributed by atoms with Gasteiger partial charge in [0.15, 0.2) is 0 Å². The Morgan fingerprint density at radius 1 is 0.577 bits per heavy atom. The first-order valence-corrected chi connectivity index (χ1v) is 8.29. The molecule has 0 unspecified atom stereocenters. The lowest BCUT2D eigenvalue weighted by Gasteiger charge is -2.14. The van der Waals surface area contributed by atoms with Crippen molar-refractivity contribution < 1.29 is 8.83 Å². The molecule has 0 radical (unpaired) electrons. The van der Waals surface area contributed by atoms with Crippen molar-refractivity contribution in [2.45, 2.75) is 0 Å². The number of hydrogen-bond donors (Lipinski definition) is 2. The van der Waals surface area contributed by atoms with E-state index in [9.17, 15) is 0 Å². The Labute approximate surface area is 149 Å². The van der Waals surface area contributed by atoms with Crippen LogP contribution in [0.3, 0.4) is 0 Å². The third-order valence-electron chi connectivity index (χ3n) is 4.59. The molecule has 0 saturated carbocycles. The Morgan fingerprint density at radius 3 is 1.42 bits per heavy atom. The number of nitrogens with one attached hydrogen (secondary N) is 2. The SMILES string of the molecule is N=C1C(=N)C(c2cc3ccccc3o2)=CC=C1c1cc2ccccc2o1. The molecule has 0 amide bonds. The number of benzene rings is 2. The highest BCUT2D eigenvalue weighted by Gasteiger charge is 2.25. The van der Waals surface area contributed by atoms with Crippen LogP contribution in [0.2, 0.25) is 0 Å². The topological polar surface area (TPSA) is 74.0 Å². The number of fused-ring (bicyclic) bond motifs is 2. The van der Waals surface area contributed by atoms with Gasteiger partial charge in [-0.3, -0.25) is 10.8 Å². The highest BCUT2D eigenvalue weighted by molar-refractivity contribution is 6.68. The molecular formula is C22H14N2O2. The van der Waals surface area contributed by atoms with E-state index in [4.69, 9.17) is 19.7 Å². The monoisotopic (exact) mass is 338 g/mol. The summed E-state index contributed by atoms with van der Waals surface area (Å²) in [5, 5.41) is 18.8. The van der Waals surface area contributed by atoms with Crippen LogP contribution in [0, 0.1) is 10.8 Å². The lowest BCUT2D eigenvalue weighted by molar-refractivity contribution is 0.600. The molecule has 0 aliphatic heterocycles. The Hall–Kier alpha value is -3.66. The van der Waals surface area contributed by atoms with Crippen molar-refractivity contribution in [3.8, 4) is 0 Å². The van der Waals surface area contributed by atoms with Gasteiger partial charge in [-0.2, -0.15) is 0 Å². The zero-order valence-corrected chi connectivity index (χ0v) is 13.7. The average Bonchev–Trinajstić information content (AvgIpc) is 3.27. The molecule has 0 spiro atoms. The standard InChI is InChI=1S/C22H14N2O2/c23-21-15(19-11-13-5-1-3-7-17(13)25-19)9-10-16(22(21)24)20-12-14-6-2-4-8-18(14)26-20/h1-12,23-24H. The van der Waals surface area contributed by atoms with Gasteiger partial charge in [-0.15, -0.1) is 0 Å². The summed E-state index contributed by atoms with van der Waals surface area (Å²) >= 11 is 0. The van der Waals surface area contributed by atoms with E-state index in [0.717, 1.165) is 21.9 Å². The lowest BCUT2D eigenvalue weighted by Crippen LogP contribution is -2.18. The fourth-order valence-corrected chi connectivity index (χ4v) is 3.24. The minimum Gasteiger partial charge on any atom is -0.456 e. The first-order chi connectivity index (χ1) is 12.7. The third-order valence-corrected chi connectivity index (χ3v) is 4.59. The quantitative estimate of drug-likeness (QED) is 0.460. The van der Waals surface area contributed by atoms with E-state index in [2.05, 4.69) is 0 Å². The number of allylic oxidation sites excluding steroid dienone is 4. The molecule has 4 aromatic rings. The lowest BCUT2D eigenvalue weighted by atomic mass is 9.91. The number of rotatable bonds is 2. The van der Waals surface area contributed by atoms with Gasteiger partial charge in [0.1, 0.15) is 22.7 Å². The van der Waals surface area contributed by atoms with E-state index in [1.165, 1.54) is 0 Å². The van der Waals surface area contributed by atoms with Crippen LogP contribution in [-0.2, 0) is 0 Å². The minimum absolute atomic E-state index is 0.127. The summed E-state index contributed by atoms with van der Waals surface area (Å²) < 4.78 is 11.7. The summed E-state index contributed by atoms with van der Waals surface area (Å²) in [6.45, 7) is 0. The Balaban J connectivity index is 1.61. The molecule has 2 aromatic heterocycles. The number of furan rings is 2. The summed E-state index contributed by atoms with van der Waals surface area (Å²) in [5.74, 6) is 1.20. The third kappa shape index (κ3) is 2.16. The van der Waals surface area contributed by atoms with Crippen molar-refractivity contribution >= 4 is 44.5 Å². The second kappa shape index (κ2) is 5.43. The number of hydrogen-bond acceptors (Lipinski definition) is 4. The zero-order valence-electron chi connectivity index (χ0n) is 13.7. The fraction of sp³-hybridized carbons (Fsp3) is 0. The van der Waals surface area contributed by atoms with Gasteiger partial charge in [-0.1, -0.05) is 36.4 Å². The van der Waals surface area contributed by atoms with Gasteiger partial charge in [-0.25, -0.2) is 0 Å². The highest BCUT2D eigenvalue weighted by Crippen LogP contribution is 2.32. The molecule has 0 bridgehead atoms. The minimum atomic E-state index is 0.127. The average molecular weight is 338 g/mol. The van der Waals surface area contributed by atoms with Gasteiger partial charge in [0, 0.05) is 21.9 Å². The second-order valence-electron chi connectivity index (χ2n) is 6.21. The first kappa shape index (κ1) is 14.7. The predicted molar refractivity (Wildman–Crippen MR) is 104 cm³/mol. The summed E-state index contributed by atoms with van der Waals surface area (Å²) in [5.41, 5.74) is 3.01. The van der Waals surface area contributed by atoms with E-state index >= 15 is 0 Å². The van der Waals surface area contributed by atoms with Gasteiger partial charge in [0.05, 0.1) is 11.4 Å². The Kier molecular flexibility index (Phi) is 3.06. The molecule has 2 heterocycles. The zero-order chi connectivity index (χ0) is 17.7. The Bertz CT molecular complexity index is 1100. The molecule has 124 valence electrons. The van der Waals surface area contributed by atoms with Crippen molar-refractivity contribution in [1.29, 1.82) is 10.8 Å². The second-order valence-corrected chi connectivity index (χ2v) is 6.21. The van der Waals surface area contributed by atoms with Crippen molar-refractivity contribution in [3.63, 3.8) is 0 Å². The van der Waals surface area contributed by atoms with Gasteiger partial charge >= 0.3 is 0 Å².